The van der Waals surface area contributed by atoms with E-state index >= 15 is 0 Å². The van der Waals surface area contributed by atoms with Crippen LogP contribution in [0.3, 0.4) is 0 Å². The molecular formula is C32H22OS2. The Hall–Kier alpha value is -3.27. The van der Waals surface area contributed by atoms with Crippen LogP contribution in [0.1, 0.15) is 29.2 Å². The Morgan fingerprint density at radius 3 is 1.77 bits per heavy atom. The molecule has 0 saturated carbocycles. The van der Waals surface area contributed by atoms with Crippen LogP contribution in [0.4, 0.5) is 0 Å². The van der Waals surface area contributed by atoms with E-state index in [9.17, 15) is 4.79 Å². The Morgan fingerprint density at radius 1 is 0.657 bits per heavy atom. The lowest BCUT2D eigenvalue weighted by molar-refractivity contribution is -0.109. The quantitative estimate of drug-likeness (QED) is 0.212. The zero-order valence-corrected chi connectivity index (χ0v) is 20.9. The van der Waals surface area contributed by atoms with Crippen LogP contribution in [0.2, 0.25) is 0 Å². The van der Waals surface area contributed by atoms with Gasteiger partial charge in [-0.3, -0.25) is 0 Å². The van der Waals surface area contributed by atoms with Crippen LogP contribution in [0, 0.1) is 11.8 Å². The molecule has 2 aliphatic carbocycles. The molecule has 3 heteroatoms. The van der Waals surface area contributed by atoms with E-state index in [0.29, 0.717) is 5.92 Å². The monoisotopic (exact) mass is 486 g/mol. The van der Waals surface area contributed by atoms with E-state index in [1.54, 1.807) is 0 Å². The van der Waals surface area contributed by atoms with E-state index in [2.05, 4.69) is 73.7 Å². The lowest BCUT2D eigenvalue weighted by Gasteiger charge is -2.15. The number of hydrogen-bond donors (Lipinski definition) is 0. The van der Waals surface area contributed by atoms with Gasteiger partial charge in [-0.1, -0.05) is 31.2 Å². The summed E-state index contributed by atoms with van der Waals surface area (Å²) in [7, 11) is 0. The van der Waals surface area contributed by atoms with Crippen molar-refractivity contribution in [1.29, 1.82) is 0 Å². The zero-order valence-electron chi connectivity index (χ0n) is 19.3. The maximum absolute atomic E-state index is 11.3. The number of fused-ring (bicyclic) bond motifs is 9. The van der Waals surface area contributed by atoms with Gasteiger partial charge in [-0.2, -0.15) is 0 Å². The summed E-state index contributed by atoms with van der Waals surface area (Å²) in [5, 5.41) is 8.03. The summed E-state index contributed by atoms with van der Waals surface area (Å²) in [6.07, 6.45) is 11.8. The number of carbonyl (C=O) groups excluding carboxylic acids is 1. The van der Waals surface area contributed by atoms with E-state index in [4.69, 9.17) is 0 Å². The predicted octanol–water partition coefficient (Wildman–Crippen LogP) is 9.17. The maximum Gasteiger partial charge on any atom is 0.127 e. The Bertz CT molecular complexity index is 1950. The van der Waals surface area contributed by atoms with Crippen molar-refractivity contribution in [3.63, 3.8) is 0 Å². The van der Waals surface area contributed by atoms with Crippen molar-refractivity contribution in [2.75, 3.05) is 0 Å². The summed E-state index contributed by atoms with van der Waals surface area (Å²) in [4.78, 5) is 11.3. The second-order valence-corrected chi connectivity index (χ2v) is 12.4. The molecule has 2 atom stereocenters. The standard InChI is InChI=1S/C32H22OS2/c1-17-2-4-19-8-25-27-10-23-15-32-28(11-24(23)14-31(27)34-29(25)12-21(19)6-17)26-9-20-5-3-18(16-33)7-22(20)13-30(26)35-32/h2-5,8-18H,6-7H2,1H3. The van der Waals surface area contributed by atoms with Crippen LogP contribution in [0.5, 0.6) is 0 Å². The minimum Gasteiger partial charge on any atom is -0.303 e. The predicted molar refractivity (Wildman–Crippen MR) is 154 cm³/mol. The van der Waals surface area contributed by atoms with Crippen molar-refractivity contribution in [1.82, 2.24) is 0 Å². The number of allylic oxidation sites excluding steroid dienone is 2. The van der Waals surface area contributed by atoms with E-state index in [0.717, 1.165) is 19.1 Å². The summed E-state index contributed by atoms with van der Waals surface area (Å²) in [6, 6.07) is 19.0. The van der Waals surface area contributed by atoms with Gasteiger partial charge in [0.1, 0.15) is 6.29 Å². The van der Waals surface area contributed by atoms with E-state index < -0.39 is 0 Å². The zero-order chi connectivity index (χ0) is 23.3. The normalized spacial score (nSPS) is 19.2. The molecular weight excluding hydrogens is 464 g/mol. The van der Waals surface area contributed by atoms with Gasteiger partial charge in [-0.15, -0.1) is 22.7 Å². The summed E-state index contributed by atoms with van der Waals surface area (Å²) < 4.78 is 5.41. The molecule has 0 radical (unpaired) electrons. The lowest BCUT2D eigenvalue weighted by atomic mass is 9.89. The van der Waals surface area contributed by atoms with Crippen molar-refractivity contribution in [3.05, 3.63) is 82.9 Å². The highest BCUT2D eigenvalue weighted by Gasteiger charge is 2.18. The number of carbonyl (C=O) groups is 1. The van der Waals surface area contributed by atoms with Gasteiger partial charge < -0.3 is 4.79 Å². The number of thiophene rings is 2. The van der Waals surface area contributed by atoms with E-state index in [1.807, 2.05) is 28.7 Å². The van der Waals surface area contributed by atoms with Crippen molar-refractivity contribution < 1.29 is 4.79 Å². The molecule has 1 nitrogen and oxygen atoms in total. The van der Waals surface area contributed by atoms with E-state index in [1.165, 1.54) is 73.4 Å². The number of benzene rings is 4. The third kappa shape index (κ3) is 2.95. The molecule has 0 aliphatic heterocycles. The minimum absolute atomic E-state index is 0.00387. The fourth-order valence-corrected chi connectivity index (χ4v) is 8.35. The smallest absolute Gasteiger partial charge is 0.127 e. The van der Waals surface area contributed by atoms with Gasteiger partial charge in [0.2, 0.25) is 0 Å². The van der Waals surface area contributed by atoms with Gasteiger partial charge in [-0.05, 0) is 100 Å². The average Bonchev–Trinajstić information content (AvgIpc) is 3.38. The first-order chi connectivity index (χ1) is 17.1. The summed E-state index contributed by atoms with van der Waals surface area (Å²) in [5.41, 5.74) is 5.40. The fraction of sp³-hybridized carbons (Fsp3) is 0.156. The largest absolute Gasteiger partial charge is 0.303 e. The molecule has 2 heterocycles. The van der Waals surface area contributed by atoms with Gasteiger partial charge in [0.25, 0.3) is 0 Å². The molecule has 0 amide bonds. The molecule has 168 valence electrons. The molecule has 2 unspecified atom stereocenters. The third-order valence-electron chi connectivity index (χ3n) is 7.84. The van der Waals surface area contributed by atoms with Crippen LogP contribution < -0.4 is 0 Å². The molecule has 6 aromatic rings. The first kappa shape index (κ1) is 20.0. The highest BCUT2D eigenvalue weighted by molar-refractivity contribution is 7.26. The Kier molecular flexibility index (Phi) is 4.07. The fourth-order valence-electron chi connectivity index (χ4n) is 5.99. The Labute approximate surface area is 211 Å². The van der Waals surface area contributed by atoms with Gasteiger partial charge in [0.15, 0.2) is 0 Å². The molecule has 0 N–H and O–H groups in total. The van der Waals surface area contributed by atoms with Crippen LogP contribution in [-0.4, -0.2) is 6.29 Å². The maximum atomic E-state index is 11.3. The summed E-state index contributed by atoms with van der Waals surface area (Å²) in [5.74, 6) is 0.622. The molecule has 8 rings (SSSR count). The highest BCUT2D eigenvalue weighted by Crippen LogP contribution is 2.43. The average molecular weight is 487 g/mol. The Morgan fingerprint density at radius 2 is 1.17 bits per heavy atom. The van der Waals surface area contributed by atoms with Gasteiger partial charge in [0.05, 0.1) is 0 Å². The van der Waals surface area contributed by atoms with Crippen molar-refractivity contribution in [2.45, 2.75) is 19.8 Å². The molecule has 0 saturated heterocycles. The van der Waals surface area contributed by atoms with Crippen LogP contribution >= 0.6 is 22.7 Å². The molecule has 2 aliphatic rings. The first-order valence-corrected chi connectivity index (χ1v) is 13.9. The topological polar surface area (TPSA) is 17.1 Å². The first-order valence-electron chi connectivity index (χ1n) is 12.3. The lowest BCUT2D eigenvalue weighted by Crippen LogP contribution is -2.07. The van der Waals surface area contributed by atoms with Gasteiger partial charge in [0, 0.05) is 46.3 Å². The number of hydrogen-bond acceptors (Lipinski definition) is 3. The third-order valence-corrected chi connectivity index (χ3v) is 10.1. The molecule has 4 aromatic carbocycles. The molecule has 2 aromatic heterocycles. The van der Waals surface area contributed by atoms with Crippen LogP contribution in [-0.2, 0) is 17.6 Å². The molecule has 0 bridgehead atoms. The van der Waals surface area contributed by atoms with E-state index in [-0.39, 0.29) is 5.92 Å². The van der Waals surface area contributed by atoms with Crippen molar-refractivity contribution in [2.24, 2.45) is 11.8 Å². The second-order valence-electron chi connectivity index (χ2n) is 10.2. The molecule has 0 spiro atoms. The molecule has 0 fully saturated rings. The summed E-state index contributed by atoms with van der Waals surface area (Å²) in [6.45, 7) is 2.30. The SMILES string of the molecule is CC1C=Cc2cc3c(cc2C1)sc1cc2cc4c(cc2cc13)sc1cc2c(cc14)C=CC(C=O)C2. The number of aldehydes is 1. The van der Waals surface area contributed by atoms with Gasteiger partial charge in [-0.25, -0.2) is 0 Å². The van der Waals surface area contributed by atoms with Crippen LogP contribution in [0.25, 0.3) is 63.3 Å². The molecule has 35 heavy (non-hydrogen) atoms. The Balaban J connectivity index is 1.35. The highest BCUT2D eigenvalue weighted by atomic mass is 32.1. The van der Waals surface area contributed by atoms with Gasteiger partial charge >= 0.3 is 0 Å². The minimum atomic E-state index is 0.00387. The van der Waals surface area contributed by atoms with Crippen molar-refractivity contribution in [3.8, 4) is 0 Å². The second kappa shape index (κ2) is 7.13. The summed E-state index contributed by atoms with van der Waals surface area (Å²) >= 11 is 3.79. The van der Waals surface area contributed by atoms with Crippen molar-refractivity contribution >= 4 is 92.2 Å². The van der Waals surface area contributed by atoms with Crippen LogP contribution in [0.15, 0.2) is 60.7 Å². The number of rotatable bonds is 1.